The molecule has 2 fully saturated rings. The van der Waals surface area contributed by atoms with Crippen molar-refractivity contribution in [2.45, 2.75) is 75.0 Å². The van der Waals surface area contributed by atoms with Gasteiger partial charge in [0.25, 0.3) is 0 Å². The minimum absolute atomic E-state index is 0.780. The van der Waals surface area contributed by atoms with Crippen molar-refractivity contribution in [2.75, 3.05) is 0 Å². The Labute approximate surface area is 145 Å². The lowest BCUT2D eigenvalue weighted by Gasteiger charge is -2.43. The Bertz CT molecular complexity index is 689. The summed E-state index contributed by atoms with van der Waals surface area (Å²) in [5.41, 5.74) is 9.92. The molecule has 0 spiro atoms. The van der Waals surface area contributed by atoms with Crippen LogP contribution < -0.4 is 0 Å². The summed E-state index contributed by atoms with van der Waals surface area (Å²) in [6.07, 6.45) is 10.8. The van der Waals surface area contributed by atoms with E-state index in [4.69, 9.17) is 0 Å². The normalized spacial score (nSPS) is 32.5. The third-order valence-electron chi connectivity index (χ3n) is 7.52. The Morgan fingerprint density at radius 2 is 0.792 bits per heavy atom. The molecule has 0 N–H and O–H groups in total. The van der Waals surface area contributed by atoms with E-state index in [1.807, 2.05) is 0 Å². The summed E-state index contributed by atoms with van der Waals surface area (Å²) in [6.45, 7) is 0. The number of rotatable bonds is 0. The highest BCUT2D eigenvalue weighted by Gasteiger charge is 2.39. The zero-order valence-electron chi connectivity index (χ0n) is 14.4. The molecule has 0 aromatic heterocycles. The van der Waals surface area contributed by atoms with Crippen LogP contribution in [0.3, 0.4) is 0 Å². The minimum atomic E-state index is 0.780. The van der Waals surface area contributed by atoms with E-state index in [9.17, 15) is 0 Å². The Morgan fingerprint density at radius 1 is 0.458 bits per heavy atom. The molecule has 0 nitrogen and oxygen atoms in total. The van der Waals surface area contributed by atoms with Crippen LogP contribution in [-0.2, 0) is 12.8 Å². The van der Waals surface area contributed by atoms with E-state index in [-0.39, 0.29) is 0 Å². The Kier molecular flexibility index (Phi) is 2.84. The molecule has 2 aromatic rings. The molecular formula is C24H26. The minimum Gasteiger partial charge on any atom is -0.0555 e. The molecule has 4 unspecified atom stereocenters. The molecule has 4 atom stereocenters. The average molecular weight is 314 g/mol. The lowest BCUT2D eigenvalue weighted by Crippen LogP contribution is -2.27. The van der Waals surface area contributed by atoms with Crippen LogP contribution in [0.1, 0.15) is 95.6 Å². The van der Waals surface area contributed by atoms with Gasteiger partial charge in [-0.05, 0) is 108 Å². The molecule has 0 saturated heterocycles. The third kappa shape index (κ3) is 1.92. The van der Waals surface area contributed by atoms with E-state index in [2.05, 4.69) is 36.4 Å². The number of aryl methyl sites for hydroxylation is 2. The van der Waals surface area contributed by atoms with E-state index in [1.165, 1.54) is 51.4 Å². The summed E-state index contributed by atoms with van der Waals surface area (Å²) in [7, 11) is 0. The largest absolute Gasteiger partial charge is 0.0555 e. The van der Waals surface area contributed by atoms with Crippen LogP contribution in [0.2, 0.25) is 0 Å². The van der Waals surface area contributed by atoms with Crippen LogP contribution in [0.5, 0.6) is 0 Å². The van der Waals surface area contributed by atoms with Gasteiger partial charge in [-0.2, -0.15) is 0 Å². The first-order chi connectivity index (χ1) is 11.8. The lowest BCUT2D eigenvalue weighted by molar-refractivity contribution is 0.328. The maximum absolute atomic E-state index is 2.61. The van der Waals surface area contributed by atoms with Gasteiger partial charge >= 0.3 is 0 Å². The van der Waals surface area contributed by atoms with Crippen LogP contribution in [0, 0.1) is 0 Å². The number of fused-ring (bicyclic) bond motifs is 3. The summed E-state index contributed by atoms with van der Waals surface area (Å²) >= 11 is 0. The first kappa shape index (κ1) is 13.7. The van der Waals surface area contributed by atoms with Gasteiger partial charge in [0.05, 0.1) is 0 Å². The second-order valence-corrected chi connectivity index (χ2v) is 8.80. The van der Waals surface area contributed by atoms with Crippen molar-refractivity contribution in [3.63, 3.8) is 0 Å². The van der Waals surface area contributed by atoms with Crippen molar-refractivity contribution in [3.8, 4) is 0 Å². The molecule has 7 rings (SSSR count). The highest BCUT2D eigenvalue weighted by Crippen LogP contribution is 2.55. The van der Waals surface area contributed by atoms with E-state index in [0.717, 1.165) is 23.7 Å². The molecule has 0 heteroatoms. The van der Waals surface area contributed by atoms with Gasteiger partial charge in [0, 0.05) is 0 Å². The highest BCUT2D eigenvalue weighted by molar-refractivity contribution is 5.46. The number of hydrogen-bond donors (Lipinski definition) is 0. The second-order valence-electron chi connectivity index (χ2n) is 8.80. The molecule has 0 aliphatic heterocycles. The van der Waals surface area contributed by atoms with Crippen LogP contribution >= 0.6 is 0 Å². The fraction of sp³-hybridized carbons (Fsp3) is 0.500. The molecule has 0 heterocycles. The predicted molar refractivity (Wildman–Crippen MR) is 99.0 cm³/mol. The lowest BCUT2D eigenvalue weighted by atomic mass is 9.61. The molecule has 24 heavy (non-hydrogen) atoms. The van der Waals surface area contributed by atoms with E-state index in [0.29, 0.717) is 0 Å². The van der Waals surface area contributed by atoms with Crippen LogP contribution in [-0.4, -0.2) is 0 Å². The molecule has 2 saturated carbocycles. The summed E-state index contributed by atoms with van der Waals surface area (Å²) in [6, 6.07) is 15.5. The van der Waals surface area contributed by atoms with Gasteiger partial charge in [0.15, 0.2) is 0 Å². The fourth-order valence-electron chi connectivity index (χ4n) is 5.89. The molecule has 6 bridgehead atoms. The predicted octanol–water partition coefficient (Wildman–Crippen LogP) is 6.20. The van der Waals surface area contributed by atoms with Crippen LogP contribution in [0.25, 0.3) is 0 Å². The van der Waals surface area contributed by atoms with Gasteiger partial charge in [-0.25, -0.2) is 0 Å². The number of benzene rings is 2. The van der Waals surface area contributed by atoms with E-state index >= 15 is 0 Å². The zero-order chi connectivity index (χ0) is 15.7. The quantitative estimate of drug-likeness (QED) is 0.543. The standard InChI is InChI=1S/C24H26/c1-2-4-16-11-19-14-20(12-16)24-8-6-22(24)18-10-15(3-1)9-17(13-18)21-5-7-23(19)21/h9-14,21-24H,1-8H2. The molecule has 0 radical (unpaired) electrons. The topological polar surface area (TPSA) is 0 Å². The van der Waals surface area contributed by atoms with E-state index in [1.54, 1.807) is 33.4 Å². The van der Waals surface area contributed by atoms with Crippen LogP contribution in [0.15, 0.2) is 36.4 Å². The summed E-state index contributed by atoms with van der Waals surface area (Å²) in [4.78, 5) is 0. The van der Waals surface area contributed by atoms with Crippen molar-refractivity contribution in [1.82, 2.24) is 0 Å². The van der Waals surface area contributed by atoms with Crippen molar-refractivity contribution < 1.29 is 0 Å². The van der Waals surface area contributed by atoms with Gasteiger partial charge in [0.2, 0.25) is 0 Å². The van der Waals surface area contributed by atoms with Gasteiger partial charge in [-0.15, -0.1) is 0 Å². The van der Waals surface area contributed by atoms with Crippen molar-refractivity contribution >= 4 is 0 Å². The van der Waals surface area contributed by atoms with Crippen molar-refractivity contribution in [3.05, 3.63) is 69.8 Å². The molecule has 5 aliphatic rings. The molecule has 5 aliphatic carbocycles. The van der Waals surface area contributed by atoms with Crippen molar-refractivity contribution in [2.24, 2.45) is 0 Å². The van der Waals surface area contributed by atoms with Gasteiger partial charge in [-0.3, -0.25) is 0 Å². The zero-order valence-corrected chi connectivity index (χ0v) is 14.4. The van der Waals surface area contributed by atoms with E-state index < -0.39 is 0 Å². The molecule has 122 valence electrons. The summed E-state index contributed by atoms with van der Waals surface area (Å²) in [5, 5.41) is 0. The third-order valence-corrected chi connectivity index (χ3v) is 7.52. The monoisotopic (exact) mass is 314 g/mol. The van der Waals surface area contributed by atoms with Gasteiger partial charge in [0.1, 0.15) is 0 Å². The first-order valence-corrected chi connectivity index (χ1v) is 10.1. The van der Waals surface area contributed by atoms with Gasteiger partial charge in [-0.1, -0.05) is 36.4 Å². The van der Waals surface area contributed by atoms with Crippen molar-refractivity contribution in [1.29, 1.82) is 0 Å². The smallest absolute Gasteiger partial charge is 0.00927 e. The first-order valence-electron chi connectivity index (χ1n) is 10.1. The molecular weight excluding hydrogens is 288 g/mol. The fourth-order valence-corrected chi connectivity index (χ4v) is 5.89. The molecule has 2 aromatic carbocycles. The highest BCUT2D eigenvalue weighted by atomic mass is 14.4. The average Bonchev–Trinajstić information content (AvgIpc) is 2.48. The van der Waals surface area contributed by atoms with Crippen LogP contribution in [0.4, 0.5) is 0 Å². The summed E-state index contributed by atoms with van der Waals surface area (Å²) in [5.74, 6) is 3.12. The Morgan fingerprint density at radius 3 is 1.08 bits per heavy atom. The second kappa shape index (κ2) is 4.97. The Hall–Kier alpha value is -1.56. The van der Waals surface area contributed by atoms with Gasteiger partial charge < -0.3 is 0 Å². The maximum atomic E-state index is 2.61. The number of hydrogen-bond acceptors (Lipinski definition) is 0. The maximum Gasteiger partial charge on any atom is -0.00927 e. The Balaban J connectivity index is 1.63. The molecule has 0 amide bonds. The SMILES string of the molecule is c1c2cc3cc1C1CCC1c1cc(cc(c1)C1CCC31)CCCC2. The summed E-state index contributed by atoms with van der Waals surface area (Å²) < 4.78 is 0.